The van der Waals surface area contributed by atoms with E-state index in [2.05, 4.69) is 14.4 Å². The monoisotopic (exact) mass is 216 g/mol. The quantitative estimate of drug-likeness (QED) is 0.470. The zero-order valence-electron chi connectivity index (χ0n) is 8.85. The van der Waals surface area contributed by atoms with Crippen LogP contribution in [0.2, 0.25) is 0 Å². The van der Waals surface area contributed by atoms with Crippen LogP contribution < -0.4 is 0 Å². The van der Waals surface area contributed by atoms with E-state index in [4.69, 9.17) is 0 Å². The van der Waals surface area contributed by atoms with Crippen molar-refractivity contribution in [2.75, 3.05) is 46.4 Å². The lowest BCUT2D eigenvalue weighted by atomic mass is 10.3. The van der Waals surface area contributed by atoms with Crippen molar-refractivity contribution in [3.8, 4) is 0 Å². The first-order valence-corrected chi connectivity index (χ1v) is 4.88. The Kier molecular flexibility index (Phi) is 4.89. The van der Waals surface area contributed by atoms with Gasteiger partial charge in [-0.05, 0) is 0 Å². The van der Waals surface area contributed by atoms with Crippen molar-refractivity contribution in [3.05, 3.63) is 0 Å². The molecule has 86 valence electrons. The first-order chi connectivity index (χ1) is 7.27. The number of piperazine rings is 1. The highest BCUT2D eigenvalue weighted by Crippen LogP contribution is 2.02. The van der Waals surface area contributed by atoms with Gasteiger partial charge in [-0.2, -0.15) is 0 Å². The van der Waals surface area contributed by atoms with Crippen molar-refractivity contribution >= 4 is 12.6 Å². The SMILES string of the molecule is COC(=O)N1CCN(CCOC=O)CC1. The molecular weight excluding hydrogens is 200 g/mol. The number of methoxy groups -OCH3 is 1. The van der Waals surface area contributed by atoms with Crippen molar-refractivity contribution in [2.45, 2.75) is 0 Å². The first kappa shape index (κ1) is 11.8. The second kappa shape index (κ2) is 6.23. The molecule has 1 aliphatic heterocycles. The maximum atomic E-state index is 11.1. The molecule has 1 saturated heterocycles. The third kappa shape index (κ3) is 3.75. The summed E-state index contributed by atoms with van der Waals surface area (Å²) in [5.41, 5.74) is 0. The number of carbonyl (C=O) groups is 2. The van der Waals surface area contributed by atoms with E-state index in [9.17, 15) is 9.59 Å². The number of rotatable bonds is 4. The van der Waals surface area contributed by atoms with Crippen LogP contribution in [0.5, 0.6) is 0 Å². The molecule has 0 aromatic rings. The summed E-state index contributed by atoms with van der Waals surface area (Å²) in [6, 6.07) is 0. The molecule has 0 atom stereocenters. The van der Waals surface area contributed by atoms with E-state index in [0.29, 0.717) is 32.7 Å². The summed E-state index contributed by atoms with van der Waals surface area (Å²) in [7, 11) is 1.38. The van der Waals surface area contributed by atoms with Crippen LogP contribution in [0.1, 0.15) is 0 Å². The molecule has 0 aliphatic carbocycles. The highest BCUT2D eigenvalue weighted by molar-refractivity contribution is 5.67. The molecule has 0 spiro atoms. The van der Waals surface area contributed by atoms with Crippen molar-refractivity contribution < 1.29 is 19.1 Å². The Balaban J connectivity index is 2.17. The Morgan fingerprint density at radius 1 is 1.33 bits per heavy atom. The summed E-state index contributed by atoms with van der Waals surface area (Å²) in [4.78, 5) is 24.9. The number of hydrogen-bond acceptors (Lipinski definition) is 5. The lowest BCUT2D eigenvalue weighted by Gasteiger charge is -2.33. The number of nitrogens with zero attached hydrogens (tertiary/aromatic N) is 2. The lowest BCUT2D eigenvalue weighted by molar-refractivity contribution is -0.129. The minimum Gasteiger partial charge on any atom is -0.467 e. The molecule has 1 aliphatic rings. The molecule has 0 saturated carbocycles. The summed E-state index contributed by atoms with van der Waals surface area (Å²) in [5.74, 6) is 0. The van der Waals surface area contributed by atoms with Gasteiger partial charge in [-0.25, -0.2) is 4.79 Å². The highest BCUT2D eigenvalue weighted by atomic mass is 16.5. The van der Waals surface area contributed by atoms with Crippen LogP contribution >= 0.6 is 0 Å². The minimum absolute atomic E-state index is 0.279. The molecule has 6 nitrogen and oxygen atoms in total. The van der Waals surface area contributed by atoms with E-state index in [1.807, 2.05) is 0 Å². The number of carbonyl (C=O) groups excluding carboxylic acids is 2. The second-order valence-electron chi connectivity index (χ2n) is 3.27. The van der Waals surface area contributed by atoms with Crippen LogP contribution in [0.4, 0.5) is 4.79 Å². The van der Waals surface area contributed by atoms with Crippen molar-refractivity contribution in [2.24, 2.45) is 0 Å². The standard InChI is InChI=1S/C9H16N2O4/c1-14-9(13)11-4-2-10(3-5-11)6-7-15-8-12/h8H,2-7H2,1H3. The Labute approximate surface area is 88.7 Å². The first-order valence-electron chi connectivity index (χ1n) is 4.88. The second-order valence-corrected chi connectivity index (χ2v) is 3.27. The Morgan fingerprint density at radius 2 is 2.00 bits per heavy atom. The molecule has 0 N–H and O–H groups in total. The van der Waals surface area contributed by atoms with Crippen LogP contribution in [-0.4, -0.2) is 68.8 Å². The fourth-order valence-corrected chi connectivity index (χ4v) is 1.51. The molecule has 0 aromatic carbocycles. The van der Waals surface area contributed by atoms with Gasteiger partial charge < -0.3 is 14.4 Å². The van der Waals surface area contributed by atoms with Gasteiger partial charge in [0.2, 0.25) is 0 Å². The zero-order chi connectivity index (χ0) is 11.1. The van der Waals surface area contributed by atoms with E-state index < -0.39 is 0 Å². The van der Waals surface area contributed by atoms with Gasteiger partial charge >= 0.3 is 6.09 Å². The van der Waals surface area contributed by atoms with Gasteiger partial charge in [-0.1, -0.05) is 0 Å². The van der Waals surface area contributed by atoms with Crippen LogP contribution in [0.3, 0.4) is 0 Å². The van der Waals surface area contributed by atoms with Crippen LogP contribution in [-0.2, 0) is 14.3 Å². The predicted octanol–water partition coefficient (Wildman–Crippen LogP) is -0.457. The molecule has 0 aromatic heterocycles. The fourth-order valence-electron chi connectivity index (χ4n) is 1.51. The van der Waals surface area contributed by atoms with Crippen LogP contribution in [0.25, 0.3) is 0 Å². The van der Waals surface area contributed by atoms with Crippen molar-refractivity contribution in [3.63, 3.8) is 0 Å². The third-order valence-corrected chi connectivity index (χ3v) is 2.40. The van der Waals surface area contributed by atoms with Crippen molar-refractivity contribution in [1.82, 2.24) is 9.80 Å². The van der Waals surface area contributed by atoms with E-state index in [-0.39, 0.29) is 6.09 Å². The zero-order valence-corrected chi connectivity index (χ0v) is 8.85. The average molecular weight is 216 g/mol. The molecule has 0 bridgehead atoms. The molecule has 15 heavy (non-hydrogen) atoms. The largest absolute Gasteiger partial charge is 0.467 e. The van der Waals surface area contributed by atoms with E-state index in [1.165, 1.54) is 7.11 Å². The molecule has 1 amide bonds. The maximum absolute atomic E-state index is 11.1. The van der Waals surface area contributed by atoms with Gasteiger partial charge in [0, 0.05) is 32.7 Å². The third-order valence-electron chi connectivity index (χ3n) is 2.40. The fraction of sp³-hybridized carbons (Fsp3) is 0.778. The Hall–Kier alpha value is -1.30. The number of ether oxygens (including phenoxy) is 2. The van der Waals surface area contributed by atoms with Gasteiger partial charge in [-0.3, -0.25) is 9.69 Å². The minimum atomic E-state index is -0.279. The molecule has 1 heterocycles. The summed E-state index contributed by atoms with van der Waals surface area (Å²) in [6.07, 6.45) is -0.279. The molecule has 0 radical (unpaired) electrons. The van der Waals surface area contributed by atoms with Gasteiger partial charge in [0.1, 0.15) is 6.61 Å². The highest BCUT2D eigenvalue weighted by Gasteiger charge is 2.20. The van der Waals surface area contributed by atoms with Crippen LogP contribution in [0, 0.1) is 0 Å². The molecule has 6 heteroatoms. The summed E-state index contributed by atoms with van der Waals surface area (Å²) in [6.45, 7) is 4.47. The lowest BCUT2D eigenvalue weighted by Crippen LogP contribution is -2.49. The van der Waals surface area contributed by atoms with Gasteiger partial charge in [0.25, 0.3) is 6.47 Å². The Morgan fingerprint density at radius 3 is 2.53 bits per heavy atom. The van der Waals surface area contributed by atoms with Gasteiger partial charge in [0.05, 0.1) is 7.11 Å². The topological polar surface area (TPSA) is 59.1 Å². The summed E-state index contributed by atoms with van der Waals surface area (Å²) >= 11 is 0. The van der Waals surface area contributed by atoms with E-state index in [0.717, 1.165) is 13.1 Å². The summed E-state index contributed by atoms with van der Waals surface area (Å²) < 4.78 is 9.23. The number of amides is 1. The Bertz CT molecular complexity index is 214. The van der Waals surface area contributed by atoms with Crippen molar-refractivity contribution in [1.29, 1.82) is 0 Å². The molecule has 0 unspecified atom stereocenters. The van der Waals surface area contributed by atoms with E-state index in [1.54, 1.807) is 4.90 Å². The van der Waals surface area contributed by atoms with Gasteiger partial charge in [0.15, 0.2) is 0 Å². The molecular formula is C9H16N2O4. The smallest absolute Gasteiger partial charge is 0.409 e. The summed E-state index contributed by atoms with van der Waals surface area (Å²) in [5, 5.41) is 0. The predicted molar refractivity (Wildman–Crippen MR) is 52.4 cm³/mol. The van der Waals surface area contributed by atoms with Crippen LogP contribution in [0.15, 0.2) is 0 Å². The normalized spacial score (nSPS) is 17.3. The van der Waals surface area contributed by atoms with E-state index >= 15 is 0 Å². The maximum Gasteiger partial charge on any atom is 0.409 e. The number of hydrogen-bond donors (Lipinski definition) is 0. The molecule has 1 fully saturated rings. The van der Waals surface area contributed by atoms with Gasteiger partial charge in [-0.15, -0.1) is 0 Å². The molecule has 1 rings (SSSR count). The average Bonchev–Trinajstić information content (AvgIpc) is 2.29.